The number of hydrogen-bond donors (Lipinski definition) is 0. The lowest BCUT2D eigenvalue weighted by atomic mass is 10.0. The zero-order valence-electron chi connectivity index (χ0n) is 7.41. The van der Waals surface area contributed by atoms with E-state index in [1.807, 2.05) is 0 Å². The van der Waals surface area contributed by atoms with Gasteiger partial charge in [0.25, 0.3) is 0 Å². The van der Waals surface area contributed by atoms with E-state index in [0.29, 0.717) is 6.42 Å². The summed E-state index contributed by atoms with van der Waals surface area (Å²) in [7, 11) is 0. The summed E-state index contributed by atoms with van der Waals surface area (Å²) >= 11 is 0. The van der Waals surface area contributed by atoms with Gasteiger partial charge in [0.15, 0.2) is 0 Å². The maximum atomic E-state index is 12.5. The first-order valence-electron chi connectivity index (χ1n) is 4.39. The fourth-order valence-electron chi connectivity index (χ4n) is 1.37. The molecule has 1 rings (SSSR count). The molecule has 0 aromatic heterocycles. The second-order valence-corrected chi connectivity index (χ2v) is 3.39. The van der Waals surface area contributed by atoms with Crippen molar-refractivity contribution in [3.63, 3.8) is 0 Å². The van der Waals surface area contributed by atoms with Crippen molar-refractivity contribution in [1.82, 2.24) is 0 Å². The molecule has 0 bridgehead atoms. The summed E-state index contributed by atoms with van der Waals surface area (Å²) in [6, 6.07) is 0. The molecule has 1 fully saturated rings. The van der Waals surface area contributed by atoms with E-state index < -0.39 is 24.6 Å². The monoisotopic (exact) mass is 218 g/mol. The second-order valence-electron chi connectivity index (χ2n) is 3.39. The number of ether oxygens (including phenoxy) is 1. The fraction of sp³-hybridized carbons (Fsp3) is 1.00. The van der Waals surface area contributed by atoms with Crippen LogP contribution >= 0.6 is 0 Å². The Morgan fingerprint density at radius 3 is 2.14 bits per heavy atom. The maximum absolute atomic E-state index is 12.5. The van der Waals surface area contributed by atoms with E-state index in [-0.39, 0.29) is 13.0 Å². The maximum Gasteiger partial charge on any atom is 0.453 e. The molecular formula is C8H11F5O. The van der Waals surface area contributed by atoms with Crippen molar-refractivity contribution in [3.05, 3.63) is 0 Å². The van der Waals surface area contributed by atoms with Gasteiger partial charge in [-0.15, -0.1) is 0 Å². The van der Waals surface area contributed by atoms with Crippen LogP contribution in [0.1, 0.15) is 25.7 Å². The van der Waals surface area contributed by atoms with Crippen molar-refractivity contribution in [2.24, 2.45) is 0 Å². The summed E-state index contributed by atoms with van der Waals surface area (Å²) in [5.74, 6) is -4.63. The highest BCUT2D eigenvalue weighted by atomic mass is 19.4. The topological polar surface area (TPSA) is 9.23 Å². The zero-order valence-corrected chi connectivity index (χ0v) is 7.41. The standard InChI is InChI=1S/C8H11F5O/c9-7(10,8(11,12)13)5-6-3-1-2-4-14-6/h6H,1-5H2. The molecule has 1 saturated heterocycles. The molecule has 1 heterocycles. The molecule has 1 unspecified atom stereocenters. The van der Waals surface area contributed by atoms with Gasteiger partial charge in [0.1, 0.15) is 0 Å². The lowest BCUT2D eigenvalue weighted by Gasteiger charge is -2.27. The Morgan fingerprint density at radius 2 is 1.71 bits per heavy atom. The number of hydrogen-bond acceptors (Lipinski definition) is 1. The van der Waals surface area contributed by atoms with E-state index in [1.165, 1.54) is 0 Å². The van der Waals surface area contributed by atoms with Crippen molar-refractivity contribution in [1.29, 1.82) is 0 Å². The molecule has 6 heteroatoms. The van der Waals surface area contributed by atoms with Crippen molar-refractivity contribution in [3.8, 4) is 0 Å². The fourth-order valence-corrected chi connectivity index (χ4v) is 1.37. The first-order valence-corrected chi connectivity index (χ1v) is 4.39. The molecule has 0 aromatic carbocycles. The van der Waals surface area contributed by atoms with Crippen LogP contribution < -0.4 is 0 Å². The van der Waals surface area contributed by atoms with Gasteiger partial charge in [-0.1, -0.05) is 0 Å². The van der Waals surface area contributed by atoms with Gasteiger partial charge in [0.2, 0.25) is 0 Å². The molecule has 1 aliphatic rings. The number of halogens is 5. The Labute approximate surface area is 78.2 Å². The summed E-state index contributed by atoms with van der Waals surface area (Å²) < 4.78 is 65.2. The molecular weight excluding hydrogens is 207 g/mol. The summed E-state index contributed by atoms with van der Waals surface area (Å²) in [4.78, 5) is 0. The third-order valence-corrected chi connectivity index (χ3v) is 2.17. The lowest BCUT2D eigenvalue weighted by molar-refractivity contribution is -0.292. The van der Waals surface area contributed by atoms with Crippen LogP contribution in [0.15, 0.2) is 0 Å². The first kappa shape index (κ1) is 11.7. The Morgan fingerprint density at radius 1 is 1.07 bits per heavy atom. The Hall–Kier alpha value is -0.390. The molecule has 1 atom stereocenters. The van der Waals surface area contributed by atoms with Crippen molar-refractivity contribution < 1.29 is 26.7 Å². The molecule has 0 aromatic rings. The van der Waals surface area contributed by atoms with Gasteiger partial charge in [-0.3, -0.25) is 0 Å². The molecule has 1 nitrogen and oxygen atoms in total. The predicted molar refractivity (Wildman–Crippen MR) is 39.2 cm³/mol. The van der Waals surface area contributed by atoms with Gasteiger partial charge < -0.3 is 4.74 Å². The van der Waals surface area contributed by atoms with Gasteiger partial charge in [-0.05, 0) is 19.3 Å². The Balaban J connectivity index is 2.49. The van der Waals surface area contributed by atoms with E-state index in [0.717, 1.165) is 6.42 Å². The largest absolute Gasteiger partial charge is 0.453 e. The molecule has 0 N–H and O–H groups in total. The minimum Gasteiger partial charge on any atom is -0.378 e. The van der Waals surface area contributed by atoms with Crippen LogP contribution in [0.3, 0.4) is 0 Å². The molecule has 14 heavy (non-hydrogen) atoms. The number of rotatable bonds is 2. The smallest absolute Gasteiger partial charge is 0.378 e. The molecule has 0 amide bonds. The minimum atomic E-state index is -5.46. The predicted octanol–water partition coefficient (Wildman–Crippen LogP) is 3.14. The van der Waals surface area contributed by atoms with Gasteiger partial charge >= 0.3 is 12.1 Å². The lowest BCUT2D eigenvalue weighted by Crippen LogP contribution is -2.40. The SMILES string of the molecule is FC(F)(F)C(F)(F)CC1CCCCO1. The molecule has 0 aliphatic carbocycles. The van der Waals surface area contributed by atoms with E-state index in [9.17, 15) is 22.0 Å². The van der Waals surface area contributed by atoms with Crippen LogP contribution in [-0.2, 0) is 4.74 Å². The summed E-state index contributed by atoms with van der Waals surface area (Å²) in [6.07, 6.45) is -6.01. The molecule has 84 valence electrons. The highest BCUT2D eigenvalue weighted by molar-refractivity contribution is 4.80. The second kappa shape index (κ2) is 4.00. The first-order chi connectivity index (χ1) is 6.33. The van der Waals surface area contributed by atoms with Gasteiger partial charge in [0, 0.05) is 13.0 Å². The summed E-state index contributed by atoms with van der Waals surface area (Å²) in [5, 5.41) is 0. The van der Waals surface area contributed by atoms with Crippen LogP contribution in [0.2, 0.25) is 0 Å². The van der Waals surface area contributed by atoms with Crippen LogP contribution in [0, 0.1) is 0 Å². The Bertz CT molecular complexity index is 183. The van der Waals surface area contributed by atoms with Crippen LogP contribution in [-0.4, -0.2) is 24.8 Å². The van der Waals surface area contributed by atoms with Crippen LogP contribution in [0.5, 0.6) is 0 Å². The van der Waals surface area contributed by atoms with Crippen molar-refractivity contribution in [2.45, 2.75) is 43.9 Å². The molecule has 0 radical (unpaired) electrons. The summed E-state index contributed by atoms with van der Waals surface area (Å²) in [6.45, 7) is 0.276. The van der Waals surface area contributed by atoms with E-state index >= 15 is 0 Å². The average molecular weight is 218 g/mol. The normalized spacial score (nSPS) is 25.1. The van der Waals surface area contributed by atoms with Crippen LogP contribution in [0.25, 0.3) is 0 Å². The Kier molecular flexibility index (Phi) is 3.34. The van der Waals surface area contributed by atoms with Gasteiger partial charge in [0.05, 0.1) is 6.10 Å². The van der Waals surface area contributed by atoms with E-state index in [4.69, 9.17) is 4.74 Å². The van der Waals surface area contributed by atoms with Crippen LogP contribution in [0.4, 0.5) is 22.0 Å². The van der Waals surface area contributed by atoms with Crippen molar-refractivity contribution >= 4 is 0 Å². The third kappa shape index (κ3) is 2.80. The average Bonchev–Trinajstić information content (AvgIpc) is 2.03. The molecule has 0 saturated carbocycles. The molecule has 0 spiro atoms. The van der Waals surface area contributed by atoms with Crippen molar-refractivity contribution in [2.75, 3.05) is 6.61 Å². The highest BCUT2D eigenvalue weighted by Gasteiger charge is 2.58. The zero-order chi connectivity index (χ0) is 10.8. The van der Waals surface area contributed by atoms with E-state index in [1.54, 1.807) is 0 Å². The summed E-state index contributed by atoms with van der Waals surface area (Å²) in [5.41, 5.74) is 0. The van der Waals surface area contributed by atoms with Gasteiger partial charge in [-0.2, -0.15) is 22.0 Å². The third-order valence-electron chi connectivity index (χ3n) is 2.17. The minimum absolute atomic E-state index is 0.276. The number of alkyl halides is 5. The quantitative estimate of drug-likeness (QED) is 0.647. The highest BCUT2D eigenvalue weighted by Crippen LogP contribution is 2.40. The van der Waals surface area contributed by atoms with Gasteiger partial charge in [-0.25, -0.2) is 0 Å². The van der Waals surface area contributed by atoms with E-state index in [2.05, 4.69) is 0 Å². The molecule has 1 aliphatic heterocycles.